The van der Waals surface area contributed by atoms with Crippen molar-refractivity contribution in [1.29, 1.82) is 0 Å². The van der Waals surface area contributed by atoms with Crippen LogP contribution in [0.5, 0.6) is 0 Å². The second-order valence-electron chi connectivity index (χ2n) is 7.38. The van der Waals surface area contributed by atoms with Gasteiger partial charge in [-0.25, -0.2) is 14.8 Å². The summed E-state index contributed by atoms with van der Waals surface area (Å²) in [6.45, 7) is 10.6. The van der Waals surface area contributed by atoms with Gasteiger partial charge in [0.05, 0.1) is 10.8 Å². The fourth-order valence-corrected chi connectivity index (χ4v) is 4.12. The highest BCUT2D eigenvalue weighted by atomic mass is 32.2. The number of likely N-dealkylation sites (tertiary alicyclic amines) is 1. The van der Waals surface area contributed by atoms with Gasteiger partial charge in [-0.3, -0.25) is 4.21 Å². The third-order valence-electron chi connectivity index (χ3n) is 3.72. The number of carbonyl (C=O) groups is 1. The van der Waals surface area contributed by atoms with Crippen molar-refractivity contribution in [2.24, 2.45) is 5.92 Å². The standard InChI is InChI=1S/C17H27N3O3S/c1-12-9-13(2)19-15(18-12)24(22)11-14-7-6-8-20(10-14)16(21)23-17(3,4)5/h9,14H,6-8,10-11H2,1-5H3. The molecule has 2 unspecified atom stereocenters. The summed E-state index contributed by atoms with van der Waals surface area (Å²) in [7, 11) is -1.25. The predicted octanol–water partition coefficient (Wildman–Crippen LogP) is 2.85. The van der Waals surface area contributed by atoms with E-state index in [-0.39, 0.29) is 12.0 Å². The zero-order valence-electron chi connectivity index (χ0n) is 15.2. The minimum atomic E-state index is -1.25. The summed E-state index contributed by atoms with van der Waals surface area (Å²) in [5.41, 5.74) is 1.15. The first-order valence-corrected chi connectivity index (χ1v) is 9.64. The average Bonchev–Trinajstić information content (AvgIpc) is 2.44. The third kappa shape index (κ3) is 5.54. The fraction of sp³-hybridized carbons (Fsp3) is 0.706. The second kappa shape index (κ2) is 7.59. The molecule has 1 fully saturated rings. The lowest BCUT2D eigenvalue weighted by molar-refractivity contribution is 0.0176. The lowest BCUT2D eigenvalue weighted by atomic mass is 10.0. The first kappa shape index (κ1) is 18.8. The first-order chi connectivity index (χ1) is 11.1. The van der Waals surface area contributed by atoms with Crippen LogP contribution in [0.1, 0.15) is 45.0 Å². The molecule has 2 atom stereocenters. The van der Waals surface area contributed by atoms with Crippen LogP contribution < -0.4 is 0 Å². The van der Waals surface area contributed by atoms with Gasteiger partial charge in [0.25, 0.3) is 0 Å². The SMILES string of the molecule is Cc1cc(C)nc(S(=O)CC2CCCN(C(=O)OC(C)(C)C)C2)n1. The number of aryl methyl sites for hydroxylation is 2. The van der Waals surface area contributed by atoms with E-state index in [4.69, 9.17) is 4.74 Å². The number of amides is 1. The van der Waals surface area contributed by atoms with E-state index in [0.29, 0.717) is 24.0 Å². The van der Waals surface area contributed by atoms with E-state index in [0.717, 1.165) is 24.2 Å². The molecule has 1 aromatic rings. The molecule has 1 saturated heterocycles. The topological polar surface area (TPSA) is 72.4 Å². The molecule has 0 N–H and O–H groups in total. The van der Waals surface area contributed by atoms with Gasteiger partial charge in [-0.1, -0.05) is 0 Å². The Kier molecular flexibility index (Phi) is 5.96. The van der Waals surface area contributed by atoms with Crippen molar-refractivity contribution in [2.75, 3.05) is 18.8 Å². The van der Waals surface area contributed by atoms with Gasteiger partial charge in [-0.05, 0) is 59.4 Å². The molecule has 2 heterocycles. The van der Waals surface area contributed by atoms with Crippen molar-refractivity contribution >= 4 is 16.9 Å². The molecule has 0 saturated carbocycles. The Morgan fingerprint density at radius 2 is 1.96 bits per heavy atom. The van der Waals surface area contributed by atoms with E-state index in [1.807, 2.05) is 40.7 Å². The number of nitrogens with zero attached hydrogens (tertiary/aromatic N) is 3. The lowest BCUT2D eigenvalue weighted by Crippen LogP contribution is -2.44. The Hall–Kier alpha value is -1.50. The maximum atomic E-state index is 12.6. The monoisotopic (exact) mass is 353 g/mol. The van der Waals surface area contributed by atoms with Crippen molar-refractivity contribution in [3.63, 3.8) is 0 Å². The van der Waals surface area contributed by atoms with Crippen molar-refractivity contribution in [1.82, 2.24) is 14.9 Å². The van der Waals surface area contributed by atoms with Crippen LogP contribution in [0.25, 0.3) is 0 Å². The van der Waals surface area contributed by atoms with Crippen LogP contribution in [0.15, 0.2) is 11.2 Å². The van der Waals surface area contributed by atoms with Crippen LogP contribution >= 0.6 is 0 Å². The Balaban J connectivity index is 1.97. The molecule has 0 aliphatic carbocycles. The van der Waals surface area contributed by atoms with Crippen LogP contribution in [0.4, 0.5) is 4.79 Å². The summed E-state index contributed by atoms with van der Waals surface area (Å²) >= 11 is 0. The molecule has 1 aromatic heterocycles. The van der Waals surface area contributed by atoms with E-state index >= 15 is 0 Å². The minimum Gasteiger partial charge on any atom is -0.444 e. The van der Waals surface area contributed by atoms with E-state index in [9.17, 15) is 9.00 Å². The molecule has 6 nitrogen and oxygen atoms in total. The third-order valence-corrected chi connectivity index (χ3v) is 5.09. The molecular weight excluding hydrogens is 326 g/mol. The Labute approximate surface area is 146 Å². The average molecular weight is 353 g/mol. The Bertz CT molecular complexity index is 608. The van der Waals surface area contributed by atoms with Gasteiger partial charge in [0.1, 0.15) is 5.60 Å². The molecule has 1 aliphatic heterocycles. The Morgan fingerprint density at radius 3 is 2.54 bits per heavy atom. The van der Waals surface area contributed by atoms with Gasteiger partial charge in [-0.2, -0.15) is 0 Å². The van der Waals surface area contributed by atoms with E-state index in [1.165, 1.54) is 0 Å². The number of ether oxygens (including phenoxy) is 1. The summed E-state index contributed by atoms with van der Waals surface area (Å²) in [5, 5.41) is 0.391. The largest absolute Gasteiger partial charge is 0.444 e. The summed E-state index contributed by atoms with van der Waals surface area (Å²) in [4.78, 5) is 22.5. The number of carbonyl (C=O) groups excluding carboxylic acids is 1. The predicted molar refractivity (Wildman–Crippen MR) is 93.3 cm³/mol. The van der Waals surface area contributed by atoms with Crippen LogP contribution in [-0.2, 0) is 15.5 Å². The van der Waals surface area contributed by atoms with Gasteiger partial charge < -0.3 is 9.64 Å². The van der Waals surface area contributed by atoms with Crippen molar-refractivity contribution in [3.05, 3.63) is 17.5 Å². The lowest BCUT2D eigenvalue weighted by Gasteiger charge is -2.33. The van der Waals surface area contributed by atoms with Crippen LogP contribution in [0, 0.1) is 19.8 Å². The zero-order valence-corrected chi connectivity index (χ0v) is 16.0. The Morgan fingerprint density at radius 1 is 1.33 bits per heavy atom. The summed E-state index contributed by atoms with van der Waals surface area (Å²) in [6.07, 6.45) is 1.56. The van der Waals surface area contributed by atoms with E-state index in [1.54, 1.807) is 4.90 Å². The van der Waals surface area contributed by atoms with Crippen LogP contribution in [-0.4, -0.2) is 49.6 Å². The molecule has 7 heteroatoms. The number of hydrogen-bond acceptors (Lipinski definition) is 5. The van der Waals surface area contributed by atoms with E-state index < -0.39 is 16.4 Å². The fourth-order valence-electron chi connectivity index (χ4n) is 2.78. The second-order valence-corrected chi connectivity index (χ2v) is 8.77. The van der Waals surface area contributed by atoms with Crippen LogP contribution in [0.3, 0.4) is 0 Å². The summed E-state index contributed by atoms with van der Waals surface area (Å²) in [5.74, 6) is 0.652. The van der Waals surface area contributed by atoms with Gasteiger partial charge in [0, 0.05) is 30.2 Å². The highest BCUT2D eigenvalue weighted by molar-refractivity contribution is 7.84. The van der Waals surface area contributed by atoms with Gasteiger partial charge in [0.2, 0.25) is 5.16 Å². The zero-order chi connectivity index (χ0) is 17.9. The van der Waals surface area contributed by atoms with E-state index in [2.05, 4.69) is 9.97 Å². The molecule has 1 amide bonds. The number of rotatable bonds is 3. The molecule has 24 heavy (non-hydrogen) atoms. The van der Waals surface area contributed by atoms with Gasteiger partial charge >= 0.3 is 6.09 Å². The maximum absolute atomic E-state index is 12.6. The first-order valence-electron chi connectivity index (χ1n) is 8.32. The normalized spacial score (nSPS) is 19.9. The number of aromatic nitrogens is 2. The van der Waals surface area contributed by atoms with Crippen molar-refractivity contribution in [2.45, 2.75) is 58.2 Å². The molecule has 0 spiro atoms. The van der Waals surface area contributed by atoms with Crippen molar-refractivity contribution in [3.8, 4) is 0 Å². The summed E-state index contributed by atoms with van der Waals surface area (Å²) < 4.78 is 18.0. The van der Waals surface area contributed by atoms with Gasteiger partial charge in [-0.15, -0.1) is 0 Å². The molecule has 134 valence electrons. The molecule has 0 bridgehead atoms. The molecule has 0 radical (unpaired) electrons. The smallest absolute Gasteiger partial charge is 0.410 e. The molecular formula is C17H27N3O3S. The summed E-state index contributed by atoms with van der Waals surface area (Å²) in [6, 6.07) is 1.87. The minimum absolute atomic E-state index is 0.177. The molecule has 2 rings (SSSR count). The number of hydrogen-bond donors (Lipinski definition) is 0. The molecule has 1 aliphatic rings. The maximum Gasteiger partial charge on any atom is 0.410 e. The van der Waals surface area contributed by atoms with Gasteiger partial charge in [0.15, 0.2) is 0 Å². The molecule has 0 aromatic carbocycles. The quantitative estimate of drug-likeness (QED) is 0.781. The number of piperidine rings is 1. The highest BCUT2D eigenvalue weighted by Crippen LogP contribution is 2.21. The highest BCUT2D eigenvalue weighted by Gasteiger charge is 2.29. The van der Waals surface area contributed by atoms with Crippen molar-refractivity contribution < 1.29 is 13.7 Å². The van der Waals surface area contributed by atoms with Crippen LogP contribution in [0.2, 0.25) is 0 Å².